The zero-order valence-electron chi connectivity index (χ0n) is 9.75. The average molecular weight is 267 g/mol. The highest BCUT2D eigenvalue weighted by atomic mass is 19.3. The lowest BCUT2D eigenvalue weighted by Crippen LogP contribution is -2.02. The molecule has 1 aromatic carbocycles. The largest absolute Gasteiger partial charge is 0.435 e. The van der Waals surface area contributed by atoms with Gasteiger partial charge in [0.2, 0.25) is 0 Å². The minimum absolute atomic E-state index is 0.0827. The number of halogens is 2. The van der Waals surface area contributed by atoms with Gasteiger partial charge in [0, 0.05) is 11.9 Å². The Labute approximate surface area is 107 Å². The number of aliphatic hydroxyl groups excluding tert-OH is 1. The Hall–Kier alpha value is -2.28. The predicted molar refractivity (Wildman–Crippen MR) is 64.3 cm³/mol. The van der Waals surface area contributed by atoms with E-state index in [0.717, 1.165) is 0 Å². The third-order valence-corrected chi connectivity index (χ3v) is 2.20. The summed E-state index contributed by atoms with van der Waals surface area (Å²) in [4.78, 5) is 7.88. The van der Waals surface area contributed by atoms with E-state index in [2.05, 4.69) is 20.0 Å². The first-order chi connectivity index (χ1) is 9.17. The number of alkyl halides is 2. The highest BCUT2D eigenvalue weighted by Gasteiger charge is 2.04. The van der Waals surface area contributed by atoms with E-state index >= 15 is 0 Å². The summed E-state index contributed by atoms with van der Waals surface area (Å²) in [5.74, 6) is 0.878. The minimum Gasteiger partial charge on any atom is -0.435 e. The number of aromatic nitrogens is 2. The molecule has 0 fully saturated rings. The molecule has 1 heterocycles. The molecular weight excluding hydrogens is 256 g/mol. The molecule has 19 heavy (non-hydrogen) atoms. The minimum atomic E-state index is -2.84. The normalized spacial score (nSPS) is 10.5. The van der Waals surface area contributed by atoms with Gasteiger partial charge in [-0.3, -0.25) is 0 Å². The fourth-order valence-corrected chi connectivity index (χ4v) is 1.41. The highest BCUT2D eigenvalue weighted by molar-refractivity contribution is 5.56. The third-order valence-electron chi connectivity index (χ3n) is 2.20. The molecule has 0 radical (unpaired) electrons. The van der Waals surface area contributed by atoms with Gasteiger partial charge in [-0.1, -0.05) is 0 Å². The van der Waals surface area contributed by atoms with Crippen LogP contribution >= 0.6 is 0 Å². The number of anilines is 2. The van der Waals surface area contributed by atoms with Crippen LogP contribution in [-0.2, 0) is 6.61 Å². The van der Waals surface area contributed by atoms with Crippen LogP contribution in [0.15, 0.2) is 36.5 Å². The predicted octanol–water partition coefficient (Wildman–Crippen LogP) is 2.31. The molecule has 2 rings (SSSR count). The number of nitrogens with one attached hydrogen (secondary N) is 1. The Morgan fingerprint density at radius 1 is 1.21 bits per heavy atom. The molecule has 0 bridgehead atoms. The molecule has 0 aliphatic rings. The molecule has 2 N–H and O–H groups in total. The van der Waals surface area contributed by atoms with Gasteiger partial charge >= 0.3 is 6.61 Å². The summed E-state index contributed by atoms with van der Waals surface area (Å²) in [6, 6.07) is 7.63. The molecule has 0 unspecified atom stereocenters. The second kappa shape index (κ2) is 6.05. The van der Waals surface area contributed by atoms with Crippen LogP contribution in [0.2, 0.25) is 0 Å². The number of nitrogens with zero attached hydrogens (tertiary/aromatic N) is 2. The second-order valence-electron chi connectivity index (χ2n) is 3.54. The van der Waals surface area contributed by atoms with Crippen LogP contribution in [0, 0.1) is 0 Å². The van der Waals surface area contributed by atoms with E-state index in [-0.39, 0.29) is 12.4 Å². The monoisotopic (exact) mass is 267 g/mol. The van der Waals surface area contributed by atoms with Crippen LogP contribution in [0.4, 0.5) is 20.3 Å². The summed E-state index contributed by atoms with van der Waals surface area (Å²) in [5, 5.41) is 11.9. The van der Waals surface area contributed by atoms with E-state index < -0.39 is 6.61 Å². The first kappa shape index (κ1) is 13.2. The van der Waals surface area contributed by atoms with Crippen molar-refractivity contribution < 1.29 is 18.6 Å². The summed E-state index contributed by atoms with van der Waals surface area (Å²) >= 11 is 0. The van der Waals surface area contributed by atoms with Crippen molar-refractivity contribution in [2.24, 2.45) is 0 Å². The van der Waals surface area contributed by atoms with E-state index in [9.17, 15) is 8.78 Å². The van der Waals surface area contributed by atoms with E-state index in [1.807, 2.05) is 0 Å². The summed E-state index contributed by atoms with van der Waals surface area (Å²) < 4.78 is 28.2. The highest BCUT2D eigenvalue weighted by Crippen LogP contribution is 2.20. The maximum Gasteiger partial charge on any atom is 0.387 e. The smallest absolute Gasteiger partial charge is 0.387 e. The van der Waals surface area contributed by atoms with Crippen molar-refractivity contribution in [2.75, 3.05) is 5.32 Å². The van der Waals surface area contributed by atoms with Crippen molar-refractivity contribution in [3.8, 4) is 5.75 Å². The van der Waals surface area contributed by atoms with Crippen LogP contribution < -0.4 is 10.1 Å². The quantitative estimate of drug-likeness (QED) is 0.870. The van der Waals surface area contributed by atoms with Crippen LogP contribution in [0.5, 0.6) is 5.75 Å². The molecule has 0 aliphatic heterocycles. The van der Waals surface area contributed by atoms with Gasteiger partial charge in [0.25, 0.3) is 0 Å². The number of benzene rings is 1. The Balaban J connectivity index is 2.06. The lowest BCUT2D eigenvalue weighted by molar-refractivity contribution is -0.0498. The van der Waals surface area contributed by atoms with Crippen molar-refractivity contribution >= 4 is 11.5 Å². The zero-order chi connectivity index (χ0) is 13.7. The second-order valence-corrected chi connectivity index (χ2v) is 3.54. The van der Waals surface area contributed by atoms with E-state index in [1.165, 1.54) is 18.3 Å². The van der Waals surface area contributed by atoms with Crippen LogP contribution in [0.3, 0.4) is 0 Å². The topological polar surface area (TPSA) is 67.3 Å². The van der Waals surface area contributed by atoms with Crippen molar-refractivity contribution in [2.45, 2.75) is 13.2 Å². The standard InChI is InChI=1S/C12H11F2N3O2/c13-12(14)19-9-3-1-8(2-4-9)16-10-5-6-15-11(7-18)17-10/h1-6,12,18H,7H2,(H,15,16,17). The molecule has 100 valence electrons. The Morgan fingerprint density at radius 3 is 2.58 bits per heavy atom. The Kier molecular flexibility index (Phi) is 4.19. The van der Waals surface area contributed by atoms with E-state index in [4.69, 9.17) is 5.11 Å². The average Bonchev–Trinajstić information content (AvgIpc) is 2.41. The van der Waals surface area contributed by atoms with Crippen LogP contribution in [-0.4, -0.2) is 21.7 Å². The Bertz CT molecular complexity index is 535. The fourth-order valence-electron chi connectivity index (χ4n) is 1.41. The van der Waals surface area contributed by atoms with Gasteiger partial charge in [-0.2, -0.15) is 8.78 Å². The van der Waals surface area contributed by atoms with Gasteiger partial charge < -0.3 is 15.2 Å². The summed E-state index contributed by atoms with van der Waals surface area (Å²) in [6.45, 7) is -3.09. The maximum atomic E-state index is 12.0. The van der Waals surface area contributed by atoms with Crippen molar-refractivity contribution in [1.29, 1.82) is 0 Å². The molecule has 0 amide bonds. The van der Waals surface area contributed by atoms with Gasteiger partial charge in [-0.15, -0.1) is 0 Å². The third kappa shape index (κ3) is 3.85. The molecule has 0 atom stereocenters. The number of rotatable bonds is 5. The number of hydrogen-bond acceptors (Lipinski definition) is 5. The SMILES string of the molecule is OCc1nccc(Nc2ccc(OC(F)F)cc2)n1. The molecule has 1 aromatic heterocycles. The van der Waals surface area contributed by atoms with Gasteiger partial charge in [-0.05, 0) is 30.3 Å². The molecule has 0 saturated heterocycles. The molecule has 5 nitrogen and oxygen atoms in total. The van der Waals surface area contributed by atoms with E-state index in [0.29, 0.717) is 17.3 Å². The molecular formula is C12H11F2N3O2. The molecule has 2 aromatic rings. The summed E-state index contributed by atoms with van der Waals surface area (Å²) in [6.07, 6.45) is 1.51. The van der Waals surface area contributed by atoms with Crippen molar-refractivity contribution in [1.82, 2.24) is 9.97 Å². The number of ether oxygens (including phenoxy) is 1. The number of hydrogen-bond donors (Lipinski definition) is 2. The van der Waals surface area contributed by atoms with Crippen molar-refractivity contribution in [3.05, 3.63) is 42.4 Å². The molecule has 0 saturated carbocycles. The van der Waals surface area contributed by atoms with Crippen molar-refractivity contribution in [3.63, 3.8) is 0 Å². The molecule has 0 aliphatic carbocycles. The maximum absolute atomic E-state index is 12.0. The lowest BCUT2D eigenvalue weighted by atomic mass is 10.3. The Morgan fingerprint density at radius 2 is 1.95 bits per heavy atom. The van der Waals surface area contributed by atoms with Gasteiger partial charge in [0.15, 0.2) is 5.82 Å². The lowest BCUT2D eigenvalue weighted by Gasteiger charge is -2.08. The number of aliphatic hydroxyl groups is 1. The summed E-state index contributed by atoms with van der Waals surface area (Å²) in [7, 11) is 0. The molecule has 0 spiro atoms. The first-order valence-corrected chi connectivity index (χ1v) is 5.42. The summed E-state index contributed by atoms with van der Waals surface area (Å²) in [5.41, 5.74) is 0.657. The van der Waals surface area contributed by atoms with Gasteiger partial charge in [0.1, 0.15) is 18.2 Å². The van der Waals surface area contributed by atoms with Gasteiger partial charge in [0.05, 0.1) is 0 Å². The zero-order valence-corrected chi connectivity index (χ0v) is 9.75. The van der Waals surface area contributed by atoms with Crippen LogP contribution in [0.1, 0.15) is 5.82 Å². The first-order valence-electron chi connectivity index (χ1n) is 5.42. The molecule has 7 heteroatoms. The van der Waals surface area contributed by atoms with Crippen LogP contribution in [0.25, 0.3) is 0 Å². The van der Waals surface area contributed by atoms with E-state index in [1.54, 1.807) is 18.2 Å². The van der Waals surface area contributed by atoms with Gasteiger partial charge in [-0.25, -0.2) is 9.97 Å². The fraction of sp³-hybridized carbons (Fsp3) is 0.167.